The molecule has 6 aromatic rings. The third-order valence-corrected chi connectivity index (χ3v) is 12.5. The van der Waals surface area contributed by atoms with E-state index in [-0.39, 0.29) is 21.7 Å². The van der Waals surface area contributed by atoms with Gasteiger partial charge in [0.2, 0.25) is 0 Å². The fourth-order valence-corrected chi connectivity index (χ4v) is 9.26. The monoisotopic (exact) mass is 766 g/mol. The number of hydrogen-bond acceptors (Lipinski definition) is 4. The van der Waals surface area contributed by atoms with E-state index in [4.69, 9.17) is 9.97 Å². The largest absolute Gasteiger partial charge is 0.310 e. The number of aryl methyl sites for hydroxylation is 2. The van der Waals surface area contributed by atoms with Crippen LogP contribution in [-0.2, 0) is 34.5 Å². The minimum atomic E-state index is -0.227. The number of aromatic nitrogens is 2. The van der Waals surface area contributed by atoms with Gasteiger partial charge in [-0.2, -0.15) is 0 Å². The summed E-state index contributed by atoms with van der Waals surface area (Å²) in [5, 5.41) is 0. The fraction of sp³-hybridized carbons (Fsp3) is 0.370. The molecular formula is C54H62N4. The average molecular weight is 767 g/mol. The molecule has 2 aliphatic rings. The van der Waals surface area contributed by atoms with Gasteiger partial charge in [0.1, 0.15) is 5.82 Å². The van der Waals surface area contributed by atoms with E-state index in [0.29, 0.717) is 0 Å². The molecule has 1 aromatic heterocycles. The van der Waals surface area contributed by atoms with Crippen LogP contribution in [0.4, 0.5) is 34.1 Å². The number of para-hydroxylation sites is 2. The van der Waals surface area contributed by atoms with Crippen LogP contribution in [0.5, 0.6) is 0 Å². The maximum atomic E-state index is 5.40. The molecule has 0 N–H and O–H groups in total. The highest BCUT2D eigenvalue weighted by atomic mass is 15.2. The molecule has 2 aliphatic heterocycles. The molecule has 298 valence electrons. The lowest BCUT2D eigenvalue weighted by molar-refractivity contribution is 0.514. The van der Waals surface area contributed by atoms with Crippen LogP contribution in [0, 0.1) is 0 Å². The van der Waals surface area contributed by atoms with Crippen molar-refractivity contribution in [2.75, 3.05) is 9.80 Å². The van der Waals surface area contributed by atoms with Gasteiger partial charge in [0.25, 0.3) is 0 Å². The first-order valence-electron chi connectivity index (χ1n) is 21.5. The molecule has 0 spiro atoms. The second-order valence-corrected chi connectivity index (χ2v) is 19.9. The zero-order chi connectivity index (χ0) is 41.4. The maximum absolute atomic E-state index is 5.40. The van der Waals surface area contributed by atoms with E-state index in [2.05, 4.69) is 202 Å². The number of benzene rings is 5. The Balaban J connectivity index is 1.46. The zero-order valence-electron chi connectivity index (χ0n) is 37.0. The summed E-state index contributed by atoms with van der Waals surface area (Å²) in [5.74, 6) is 0.861. The minimum Gasteiger partial charge on any atom is -0.310 e. The van der Waals surface area contributed by atoms with Crippen molar-refractivity contribution in [1.29, 1.82) is 0 Å². The maximum Gasteiger partial charge on any atom is 0.134 e. The molecule has 5 aromatic carbocycles. The van der Waals surface area contributed by atoms with E-state index >= 15 is 0 Å². The van der Waals surface area contributed by atoms with Crippen molar-refractivity contribution < 1.29 is 0 Å². The van der Waals surface area contributed by atoms with Gasteiger partial charge in [-0.25, -0.2) is 9.97 Å². The molecular weight excluding hydrogens is 705 g/mol. The smallest absolute Gasteiger partial charge is 0.134 e. The van der Waals surface area contributed by atoms with Crippen molar-refractivity contribution in [1.82, 2.24) is 9.97 Å². The number of rotatable bonds is 7. The van der Waals surface area contributed by atoms with E-state index in [9.17, 15) is 0 Å². The van der Waals surface area contributed by atoms with Gasteiger partial charge in [0, 0.05) is 38.6 Å². The van der Waals surface area contributed by atoms with E-state index in [0.717, 1.165) is 59.8 Å². The Kier molecular flexibility index (Phi) is 9.73. The molecule has 4 heteroatoms. The summed E-state index contributed by atoms with van der Waals surface area (Å²) in [6, 6.07) is 41.8. The van der Waals surface area contributed by atoms with E-state index in [1.165, 1.54) is 56.1 Å². The Morgan fingerprint density at radius 2 is 0.931 bits per heavy atom. The summed E-state index contributed by atoms with van der Waals surface area (Å²) in [4.78, 5) is 15.6. The molecule has 0 unspecified atom stereocenters. The number of nitrogens with zero attached hydrogens (tertiary/aromatic N) is 4. The molecule has 0 fully saturated rings. The van der Waals surface area contributed by atoms with Gasteiger partial charge in [-0.05, 0) is 94.8 Å². The van der Waals surface area contributed by atoms with Gasteiger partial charge in [-0.1, -0.05) is 157 Å². The van der Waals surface area contributed by atoms with E-state index in [1.54, 1.807) is 0 Å². The van der Waals surface area contributed by atoms with Crippen LogP contribution in [-0.4, -0.2) is 9.97 Å². The third kappa shape index (κ3) is 6.73. The highest BCUT2D eigenvalue weighted by Crippen LogP contribution is 2.56. The lowest BCUT2D eigenvalue weighted by atomic mass is 9.72. The summed E-state index contributed by atoms with van der Waals surface area (Å²) in [7, 11) is 0. The van der Waals surface area contributed by atoms with Crippen molar-refractivity contribution in [3.05, 3.63) is 154 Å². The van der Waals surface area contributed by atoms with Crippen LogP contribution >= 0.6 is 0 Å². The molecule has 4 nitrogen and oxygen atoms in total. The molecule has 0 radical (unpaired) electrons. The van der Waals surface area contributed by atoms with Crippen LogP contribution in [0.25, 0.3) is 11.3 Å². The number of fused-ring (bicyclic) bond motifs is 4. The van der Waals surface area contributed by atoms with Crippen molar-refractivity contribution in [2.24, 2.45) is 0 Å². The van der Waals surface area contributed by atoms with Gasteiger partial charge in [0.05, 0.1) is 34.1 Å². The van der Waals surface area contributed by atoms with Crippen molar-refractivity contribution in [2.45, 2.75) is 130 Å². The van der Waals surface area contributed by atoms with Crippen LogP contribution in [0.1, 0.15) is 141 Å². The summed E-state index contributed by atoms with van der Waals surface area (Å²) >= 11 is 0. The topological polar surface area (TPSA) is 32.3 Å². The zero-order valence-corrected chi connectivity index (χ0v) is 37.0. The van der Waals surface area contributed by atoms with E-state index in [1.807, 2.05) is 0 Å². The molecule has 0 saturated heterocycles. The van der Waals surface area contributed by atoms with Crippen molar-refractivity contribution in [3.63, 3.8) is 0 Å². The summed E-state index contributed by atoms with van der Waals surface area (Å²) in [5.41, 5.74) is 17.6. The first kappa shape index (κ1) is 39.6. The van der Waals surface area contributed by atoms with Gasteiger partial charge < -0.3 is 9.80 Å². The highest BCUT2D eigenvalue weighted by Gasteiger charge is 2.40. The minimum absolute atomic E-state index is 0.156. The van der Waals surface area contributed by atoms with Crippen LogP contribution in [0.2, 0.25) is 0 Å². The quantitative estimate of drug-likeness (QED) is 0.162. The second kappa shape index (κ2) is 14.3. The third-order valence-electron chi connectivity index (χ3n) is 12.5. The predicted octanol–water partition coefficient (Wildman–Crippen LogP) is 14.9. The summed E-state index contributed by atoms with van der Waals surface area (Å²) in [6.07, 6.45) is 4.36. The molecule has 0 aliphatic carbocycles. The molecule has 0 atom stereocenters. The standard InChI is InChI=1S/C54H62N4/c1-13-19-35-25-27-47-42(29-35)53(9,10)40-21-15-17-23-45(40)57(47)38-31-37(44-34-49(51(3,4)5)56-50(55-44)52(6,7)8)32-39(33-38)58-46-24-18-16-22-41(46)54(11,12)43-30-36(20-14-2)26-28-48(43)58/h15-18,21-34H,13-14,19-20H2,1-12H3. The lowest BCUT2D eigenvalue weighted by Gasteiger charge is -2.44. The van der Waals surface area contributed by atoms with Crippen molar-refractivity contribution in [3.8, 4) is 11.3 Å². The molecule has 58 heavy (non-hydrogen) atoms. The number of hydrogen-bond donors (Lipinski definition) is 0. The van der Waals surface area contributed by atoms with Crippen LogP contribution in [0.15, 0.2) is 109 Å². The Morgan fingerprint density at radius 3 is 1.36 bits per heavy atom. The fourth-order valence-electron chi connectivity index (χ4n) is 9.26. The second-order valence-electron chi connectivity index (χ2n) is 19.9. The Bertz CT molecular complexity index is 2360. The molecule has 0 bridgehead atoms. The van der Waals surface area contributed by atoms with Gasteiger partial charge in [-0.15, -0.1) is 0 Å². The predicted molar refractivity (Wildman–Crippen MR) is 246 cm³/mol. The highest BCUT2D eigenvalue weighted by molar-refractivity contribution is 5.93. The normalized spacial score (nSPS) is 15.4. The Hall–Kier alpha value is -5.22. The molecule has 8 rings (SSSR count). The van der Waals surface area contributed by atoms with Crippen LogP contribution in [0.3, 0.4) is 0 Å². The summed E-state index contributed by atoms with van der Waals surface area (Å²) < 4.78 is 0. The SMILES string of the molecule is CCCc1ccc2c(c1)C(C)(C)c1ccccc1N2c1cc(-c2cc(C(C)(C)C)nc(C(C)(C)C)n2)cc(N2c3ccccc3C(C)(C)c3cc(CCC)ccc32)c1. The van der Waals surface area contributed by atoms with Gasteiger partial charge in [-0.3, -0.25) is 0 Å². The Labute approximate surface area is 348 Å². The number of anilines is 6. The summed E-state index contributed by atoms with van der Waals surface area (Å²) in [6.45, 7) is 27.5. The first-order chi connectivity index (χ1) is 27.4. The Morgan fingerprint density at radius 1 is 0.483 bits per heavy atom. The average Bonchev–Trinajstić information content (AvgIpc) is 3.18. The van der Waals surface area contributed by atoms with E-state index < -0.39 is 0 Å². The lowest BCUT2D eigenvalue weighted by Crippen LogP contribution is -2.31. The van der Waals surface area contributed by atoms with Crippen LogP contribution < -0.4 is 9.80 Å². The van der Waals surface area contributed by atoms with Gasteiger partial charge in [0.15, 0.2) is 0 Å². The van der Waals surface area contributed by atoms with Gasteiger partial charge >= 0.3 is 0 Å². The van der Waals surface area contributed by atoms with Crippen molar-refractivity contribution >= 4 is 34.1 Å². The molecule has 0 amide bonds. The molecule has 3 heterocycles. The first-order valence-corrected chi connectivity index (χ1v) is 21.5. The molecule has 0 saturated carbocycles.